The fourth-order valence-corrected chi connectivity index (χ4v) is 6.07. The maximum absolute atomic E-state index is 13.6. The summed E-state index contributed by atoms with van der Waals surface area (Å²) in [5.41, 5.74) is 3.00. The molecule has 3 atom stereocenters. The molecule has 10 nitrogen and oxygen atoms in total. The van der Waals surface area contributed by atoms with E-state index < -0.39 is 6.03 Å². The van der Waals surface area contributed by atoms with Gasteiger partial charge in [0.1, 0.15) is 11.9 Å². The van der Waals surface area contributed by atoms with Crippen molar-refractivity contribution in [3.8, 4) is 17.2 Å². The van der Waals surface area contributed by atoms with Crippen molar-refractivity contribution in [1.82, 2.24) is 9.80 Å². The van der Waals surface area contributed by atoms with E-state index in [0.717, 1.165) is 27.8 Å². The van der Waals surface area contributed by atoms with Gasteiger partial charge in [-0.1, -0.05) is 49.4 Å². The normalized spacial score (nSPS) is 18.3. The van der Waals surface area contributed by atoms with Gasteiger partial charge in [0.15, 0.2) is 11.5 Å². The summed E-state index contributed by atoms with van der Waals surface area (Å²) in [5.74, 6) is 1.95. The first kappa shape index (κ1) is 31.2. The van der Waals surface area contributed by atoms with Crippen molar-refractivity contribution < 1.29 is 28.9 Å². The van der Waals surface area contributed by atoms with Gasteiger partial charge in [0.05, 0.1) is 24.8 Å². The van der Waals surface area contributed by atoms with Crippen LogP contribution in [0.5, 0.6) is 17.2 Å². The van der Waals surface area contributed by atoms with Crippen molar-refractivity contribution in [2.75, 3.05) is 44.2 Å². The number of nitrogens with one attached hydrogen (secondary N) is 2. The van der Waals surface area contributed by atoms with Crippen molar-refractivity contribution in [3.63, 3.8) is 0 Å². The molecule has 3 amide bonds. The van der Waals surface area contributed by atoms with Crippen LogP contribution in [0.25, 0.3) is 10.8 Å². The Labute approximate surface area is 268 Å². The summed E-state index contributed by atoms with van der Waals surface area (Å²) in [6.45, 7) is 5.71. The number of benzene rings is 4. The van der Waals surface area contributed by atoms with Crippen molar-refractivity contribution in [2.24, 2.45) is 5.92 Å². The van der Waals surface area contributed by atoms with Gasteiger partial charge in [0, 0.05) is 42.2 Å². The molecule has 0 aromatic heterocycles. The third-order valence-corrected chi connectivity index (χ3v) is 8.59. The zero-order valence-corrected chi connectivity index (χ0v) is 26.4. The average Bonchev–Trinajstić information content (AvgIpc) is 3.53. The van der Waals surface area contributed by atoms with E-state index in [4.69, 9.17) is 14.2 Å². The largest absolute Gasteiger partial charge is 0.488 e. The summed E-state index contributed by atoms with van der Waals surface area (Å²) in [7, 11) is 2.04. The second-order valence-electron chi connectivity index (χ2n) is 12.2. The molecule has 10 heteroatoms. The predicted octanol–water partition coefficient (Wildman–Crippen LogP) is 5.49. The van der Waals surface area contributed by atoms with Crippen LogP contribution >= 0.6 is 0 Å². The van der Waals surface area contributed by atoms with E-state index in [1.807, 2.05) is 80.7 Å². The molecule has 6 rings (SSSR count). The van der Waals surface area contributed by atoms with E-state index >= 15 is 0 Å². The molecule has 4 aromatic carbocycles. The molecular formula is C36H40N4O6. The van der Waals surface area contributed by atoms with Crippen LogP contribution in [0.2, 0.25) is 0 Å². The summed E-state index contributed by atoms with van der Waals surface area (Å²) in [5, 5.41) is 17.8. The highest BCUT2D eigenvalue weighted by molar-refractivity contribution is 6.06. The van der Waals surface area contributed by atoms with Crippen LogP contribution in [0.3, 0.4) is 0 Å². The number of rotatable bonds is 8. The highest BCUT2D eigenvalue weighted by Gasteiger charge is 2.31. The topological polar surface area (TPSA) is 113 Å². The molecule has 46 heavy (non-hydrogen) atoms. The zero-order chi connectivity index (χ0) is 32.2. The molecule has 0 aliphatic carbocycles. The Hall–Kier alpha value is -4.80. The molecule has 0 fully saturated rings. The fraction of sp³-hybridized carbons (Fsp3) is 0.333. The van der Waals surface area contributed by atoms with E-state index in [2.05, 4.69) is 22.5 Å². The maximum atomic E-state index is 13.6. The number of anilines is 2. The van der Waals surface area contributed by atoms with Crippen LogP contribution in [-0.4, -0.2) is 72.5 Å². The zero-order valence-electron chi connectivity index (χ0n) is 26.4. The summed E-state index contributed by atoms with van der Waals surface area (Å²) in [4.78, 5) is 30.6. The average molecular weight is 625 g/mol. The summed E-state index contributed by atoms with van der Waals surface area (Å²) < 4.78 is 17.7. The fourth-order valence-electron chi connectivity index (χ4n) is 6.07. The third-order valence-electron chi connectivity index (χ3n) is 8.59. The van der Waals surface area contributed by atoms with E-state index in [1.165, 1.54) is 0 Å². The lowest BCUT2D eigenvalue weighted by molar-refractivity contribution is -0.134. The van der Waals surface area contributed by atoms with Gasteiger partial charge in [0.25, 0.3) is 0 Å². The lowest BCUT2D eigenvalue weighted by Gasteiger charge is -2.34. The van der Waals surface area contributed by atoms with Gasteiger partial charge in [-0.2, -0.15) is 0 Å². The second-order valence-corrected chi connectivity index (χ2v) is 12.2. The Kier molecular flexibility index (Phi) is 9.28. The van der Waals surface area contributed by atoms with Gasteiger partial charge in [0.2, 0.25) is 12.7 Å². The summed E-state index contributed by atoms with van der Waals surface area (Å²) >= 11 is 0. The van der Waals surface area contributed by atoms with Crippen LogP contribution in [0, 0.1) is 5.92 Å². The van der Waals surface area contributed by atoms with Crippen LogP contribution in [0.1, 0.15) is 25.0 Å². The molecule has 2 aliphatic rings. The van der Waals surface area contributed by atoms with Gasteiger partial charge >= 0.3 is 6.03 Å². The molecule has 2 aliphatic heterocycles. The number of hydrogen-bond acceptors (Lipinski definition) is 7. The first-order chi connectivity index (χ1) is 22.3. The number of aliphatic hydroxyl groups excluding tert-OH is 1. The van der Waals surface area contributed by atoms with Crippen molar-refractivity contribution >= 4 is 34.1 Å². The molecule has 3 N–H and O–H groups in total. The van der Waals surface area contributed by atoms with Gasteiger partial charge in [-0.25, -0.2) is 4.79 Å². The van der Waals surface area contributed by atoms with Crippen LogP contribution in [-0.2, 0) is 17.8 Å². The second kappa shape index (κ2) is 13.7. The summed E-state index contributed by atoms with van der Waals surface area (Å²) in [6, 6.07) is 24.2. The molecule has 4 aromatic rings. The van der Waals surface area contributed by atoms with E-state index in [1.54, 1.807) is 17.0 Å². The van der Waals surface area contributed by atoms with Gasteiger partial charge in [-0.15, -0.1) is 0 Å². The number of hydrogen-bond donors (Lipinski definition) is 3. The van der Waals surface area contributed by atoms with Crippen molar-refractivity contribution in [2.45, 2.75) is 39.0 Å². The molecule has 2 heterocycles. The number of fused-ring (bicyclic) bond motifs is 3. The molecule has 0 bridgehead atoms. The van der Waals surface area contributed by atoms with E-state index in [0.29, 0.717) is 42.3 Å². The quantitative estimate of drug-likeness (QED) is 0.238. The predicted molar refractivity (Wildman–Crippen MR) is 177 cm³/mol. The number of urea groups is 1. The number of carbonyl (C=O) groups excluding carboxylic acids is 2. The SMILES string of the molecule is C[C@H](CO)N1C[C@H](C)[C@H](CN(C)Cc2ccc3c(c2)OCO3)Oc2ccc(NC(=O)Nc3cccc4ccccc34)cc2CC1=O. The molecule has 0 saturated carbocycles. The number of aliphatic hydroxyl groups is 1. The molecule has 0 saturated heterocycles. The van der Waals surface area contributed by atoms with Crippen molar-refractivity contribution in [1.29, 1.82) is 0 Å². The Morgan fingerprint density at radius 3 is 2.63 bits per heavy atom. The number of amides is 3. The van der Waals surface area contributed by atoms with Crippen molar-refractivity contribution in [3.05, 3.63) is 90.0 Å². The summed E-state index contributed by atoms with van der Waals surface area (Å²) in [6.07, 6.45) is -0.183. The van der Waals surface area contributed by atoms with Gasteiger partial charge in [-0.3, -0.25) is 9.69 Å². The molecule has 240 valence electrons. The highest BCUT2D eigenvalue weighted by Crippen LogP contribution is 2.33. The first-order valence-corrected chi connectivity index (χ1v) is 15.6. The Morgan fingerprint density at radius 1 is 1.00 bits per heavy atom. The lowest BCUT2D eigenvalue weighted by Crippen LogP contribution is -2.47. The van der Waals surface area contributed by atoms with E-state index in [-0.39, 0.29) is 43.8 Å². The lowest BCUT2D eigenvalue weighted by atomic mass is 10.0. The first-order valence-electron chi connectivity index (χ1n) is 15.6. The van der Waals surface area contributed by atoms with Crippen LogP contribution in [0.15, 0.2) is 78.9 Å². The Bertz CT molecular complexity index is 1720. The molecule has 0 radical (unpaired) electrons. The minimum Gasteiger partial charge on any atom is -0.488 e. The van der Waals surface area contributed by atoms with Crippen LogP contribution < -0.4 is 24.8 Å². The minimum atomic E-state index is -0.390. The molecular weight excluding hydrogens is 584 g/mol. The smallest absolute Gasteiger partial charge is 0.323 e. The highest BCUT2D eigenvalue weighted by atomic mass is 16.7. The minimum absolute atomic E-state index is 0.0348. The number of nitrogens with zero attached hydrogens (tertiary/aromatic N) is 2. The monoisotopic (exact) mass is 624 g/mol. The number of likely N-dealkylation sites (N-methyl/N-ethyl adjacent to an activating group) is 1. The standard InChI is InChI=1S/C36H40N4O6/c1-23-18-40(24(2)21-41)35(42)17-27-16-28(37-36(43)38-30-10-6-8-26-7-4-5-9-29(26)30)12-14-31(27)46-34(23)20-39(3)19-25-11-13-32-33(15-25)45-22-44-32/h4-16,23-24,34,41H,17-22H2,1-3H3,(H2,37,38,43)/t23-,24+,34-/m0/s1. The van der Waals surface area contributed by atoms with Crippen LogP contribution in [0.4, 0.5) is 16.2 Å². The van der Waals surface area contributed by atoms with Gasteiger partial charge < -0.3 is 34.9 Å². The number of ether oxygens (including phenoxy) is 3. The molecule has 0 spiro atoms. The number of carbonyl (C=O) groups is 2. The third kappa shape index (κ3) is 7.03. The molecule has 0 unspecified atom stereocenters. The Balaban J connectivity index is 1.21. The van der Waals surface area contributed by atoms with Gasteiger partial charge in [-0.05, 0) is 61.3 Å². The Morgan fingerprint density at radius 2 is 1.78 bits per heavy atom. The maximum Gasteiger partial charge on any atom is 0.323 e. The van der Waals surface area contributed by atoms with E-state index in [9.17, 15) is 14.7 Å².